The van der Waals surface area contributed by atoms with E-state index in [-0.39, 0.29) is 24.5 Å². The van der Waals surface area contributed by atoms with E-state index in [9.17, 15) is 9.90 Å². The van der Waals surface area contributed by atoms with Crippen molar-refractivity contribution in [1.29, 1.82) is 0 Å². The Bertz CT molecular complexity index is 975. The van der Waals surface area contributed by atoms with E-state index in [0.29, 0.717) is 35.9 Å². The SMILES string of the molecule is Cc1cc(COc2cc3[nH]c(CNC(=O)C4CC(O)C4)cc3cc2Cl)on1. The molecule has 1 amide bonds. The summed E-state index contributed by atoms with van der Waals surface area (Å²) in [5, 5.41) is 17.5. The van der Waals surface area contributed by atoms with Gasteiger partial charge in [-0.05, 0) is 31.9 Å². The van der Waals surface area contributed by atoms with E-state index in [2.05, 4.69) is 15.5 Å². The number of aryl methyl sites for hydroxylation is 1. The van der Waals surface area contributed by atoms with Crippen LogP contribution in [0.1, 0.15) is 30.0 Å². The molecule has 8 heteroatoms. The minimum atomic E-state index is -0.338. The largest absolute Gasteiger partial charge is 0.484 e. The third kappa shape index (κ3) is 3.94. The second-order valence-electron chi connectivity index (χ2n) is 6.93. The molecule has 0 bridgehead atoms. The predicted octanol–water partition coefficient (Wildman–Crippen LogP) is 3.08. The van der Waals surface area contributed by atoms with Crippen LogP contribution in [0.4, 0.5) is 0 Å². The summed E-state index contributed by atoms with van der Waals surface area (Å²) < 4.78 is 10.9. The summed E-state index contributed by atoms with van der Waals surface area (Å²) >= 11 is 6.31. The van der Waals surface area contributed by atoms with Gasteiger partial charge in [-0.2, -0.15) is 0 Å². The van der Waals surface area contributed by atoms with Crippen molar-refractivity contribution in [2.45, 2.75) is 39.0 Å². The number of hydrogen-bond acceptors (Lipinski definition) is 5. The molecule has 1 fully saturated rings. The number of amides is 1. The molecule has 142 valence electrons. The molecular weight excluding hydrogens is 370 g/mol. The Kier molecular flexibility index (Phi) is 4.80. The number of benzene rings is 1. The standard InChI is InChI=1S/C19H20ClN3O4/c1-10-2-15(27-23-10)9-26-18-7-17-11(6-16(18)20)3-13(22-17)8-21-19(25)12-4-14(24)5-12/h2-3,6-7,12,14,22,24H,4-5,8-9H2,1H3,(H,21,25). The molecule has 0 saturated heterocycles. The highest BCUT2D eigenvalue weighted by Crippen LogP contribution is 2.31. The fourth-order valence-corrected chi connectivity index (χ4v) is 3.39. The van der Waals surface area contributed by atoms with Crippen LogP contribution in [0.25, 0.3) is 10.9 Å². The molecule has 2 aromatic heterocycles. The Morgan fingerprint density at radius 1 is 1.41 bits per heavy atom. The number of H-pyrrole nitrogens is 1. The van der Waals surface area contributed by atoms with Crippen LogP contribution in [0.5, 0.6) is 5.75 Å². The molecule has 0 spiro atoms. The fourth-order valence-electron chi connectivity index (χ4n) is 3.16. The number of nitrogens with one attached hydrogen (secondary N) is 2. The lowest BCUT2D eigenvalue weighted by molar-refractivity contribution is -0.131. The first kappa shape index (κ1) is 17.9. The van der Waals surface area contributed by atoms with E-state index in [1.807, 2.05) is 31.2 Å². The summed E-state index contributed by atoms with van der Waals surface area (Å²) in [5.74, 6) is 1.06. The number of aromatic nitrogens is 2. The van der Waals surface area contributed by atoms with Crippen molar-refractivity contribution < 1.29 is 19.2 Å². The Morgan fingerprint density at radius 3 is 2.93 bits per heavy atom. The van der Waals surface area contributed by atoms with Crippen LogP contribution in [0.2, 0.25) is 5.02 Å². The summed E-state index contributed by atoms with van der Waals surface area (Å²) in [7, 11) is 0. The van der Waals surface area contributed by atoms with Gasteiger partial charge in [0.2, 0.25) is 5.91 Å². The fraction of sp³-hybridized carbons (Fsp3) is 0.368. The predicted molar refractivity (Wildman–Crippen MR) is 99.5 cm³/mol. The van der Waals surface area contributed by atoms with Gasteiger partial charge in [0.15, 0.2) is 5.76 Å². The topological polar surface area (TPSA) is 100 Å². The molecule has 3 aromatic rings. The lowest BCUT2D eigenvalue weighted by atomic mass is 9.82. The van der Waals surface area contributed by atoms with Crippen molar-refractivity contribution in [2.75, 3.05) is 0 Å². The minimum Gasteiger partial charge on any atom is -0.484 e. The van der Waals surface area contributed by atoms with Crippen molar-refractivity contribution in [3.8, 4) is 5.75 Å². The number of ether oxygens (including phenoxy) is 1. The van der Waals surface area contributed by atoms with Gasteiger partial charge in [-0.25, -0.2) is 0 Å². The molecule has 1 aliphatic rings. The highest BCUT2D eigenvalue weighted by molar-refractivity contribution is 6.32. The van der Waals surface area contributed by atoms with Gasteiger partial charge in [0.05, 0.1) is 23.4 Å². The number of hydrogen-bond donors (Lipinski definition) is 3. The van der Waals surface area contributed by atoms with Crippen LogP contribution in [-0.2, 0) is 17.9 Å². The van der Waals surface area contributed by atoms with Gasteiger partial charge in [0.25, 0.3) is 0 Å². The molecule has 1 aromatic carbocycles. The normalized spacial score (nSPS) is 19.1. The van der Waals surface area contributed by atoms with Crippen molar-refractivity contribution in [3.05, 3.63) is 46.4 Å². The van der Waals surface area contributed by atoms with E-state index in [4.69, 9.17) is 20.9 Å². The Hall–Kier alpha value is -2.51. The maximum absolute atomic E-state index is 12.0. The summed E-state index contributed by atoms with van der Waals surface area (Å²) in [6.07, 6.45) is 0.745. The van der Waals surface area contributed by atoms with Gasteiger partial charge in [-0.1, -0.05) is 16.8 Å². The van der Waals surface area contributed by atoms with E-state index in [0.717, 1.165) is 22.3 Å². The van der Waals surface area contributed by atoms with Crippen LogP contribution in [0, 0.1) is 12.8 Å². The number of aliphatic hydroxyl groups excluding tert-OH is 1. The first-order valence-corrected chi connectivity index (χ1v) is 9.17. The second kappa shape index (κ2) is 7.25. The number of halogens is 1. The summed E-state index contributed by atoms with van der Waals surface area (Å²) in [6, 6.07) is 7.40. The van der Waals surface area contributed by atoms with Crippen LogP contribution >= 0.6 is 11.6 Å². The maximum Gasteiger partial charge on any atom is 0.223 e. The van der Waals surface area contributed by atoms with Crippen LogP contribution in [0.15, 0.2) is 28.8 Å². The monoisotopic (exact) mass is 389 g/mol. The van der Waals surface area contributed by atoms with Crippen molar-refractivity contribution in [2.24, 2.45) is 5.92 Å². The number of aromatic amines is 1. The van der Waals surface area contributed by atoms with Gasteiger partial charge in [-0.3, -0.25) is 4.79 Å². The number of rotatable bonds is 6. The smallest absolute Gasteiger partial charge is 0.223 e. The lowest BCUT2D eigenvalue weighted by Crippen LogP contribution is -2.40. The zero-order valence-corrected chi connectivity index (χ0v) is 15.5. The lowest BCUT2D eigenvalue weighted by Gasteiger charge is -2.29. The third-order valence-corrected chi connectivity index (χ3v) is 5.01. The van der Waals surface area contributed by atoms with Gasteiger partial charge in [0.1, 0.15) is 12.4 Å². The maximum atomic E-state index is 12.0. The zero-order valence-electron chi connectivity index (χ0n) is 14.8. The first-order chi connectivity index (χ1) is 13.0. The van der Waals surface area contributed by atoms with E-state index >= 15 is 0 Å². The Balaban J connectivity index is 1.41. The molecule has 0 unspecified atom stereocenters. The Labute approximate surface area is 160 Å². The average molecular weight is 390 g/mol. The first-order valence-electron chi connectivity index (χ1n) is 8.80. The van der Waals surface area contributed by atoms with Crippen LogP contribution in [0.3, 0.4) is 0 Å². The number of fused-ring (bicyclic) bond motifs is 1. The molecule has 3 N–H and O–H groups in total. The molecule has 27 heavy (non-hydrogen) atoms. The molecule has 0 aliphatic heterocycles. The number of aliphatic hydroxyl groups is 1. The van der Waals surface area contributed by atoms with Gasteiger partial charge in [0, 0.05) is 34.6 Å². The van der Waals surface area contributed by atoms with Gasteiger partial charge in [-0.15, -0.1) is 0 Å². The van der Waals surface area contributed by atoms with E-state index in [1.54, 1.807) is 0 Å². The summed E-state index contributed by atoms with van der Waals surface area (Å²) in [4.78, 5) is 15.3. The third-order valence-electron chi connectivity index (χ3n) is 4.71. The van der Waals surface area contributed by atoms with E-state index in [1.165, 1.54) is 0 Å². The van der Waals surface area contributed by atoms with Crippen molar-refractivity contribution in [3.63, 3.8) is 0 Å². The van der Waals surface area contributed by atoms with E-state index < -0.39 is 0 Å². The zero-order chi connectivity index (χ0) is 19.0. The van der Waals surface area contributed by atoms with Crippen molar-refractivity contribution >= 4 is 28.4 Å². The molecule has 0 atom stereocenters. The van der Waals surface area contributed by atoms with Crippen LogP contribution < -0.4 is 10.1 Å². The van der Waals surface area contributed by atoms with Gasteiger partial charge < -0.3 is 24.7 Å². The number of carbonyl (C=O) groups excluding carboxylic acids is 1. The number of carbonyl (C=O) groups is 1. The van der Waals surface area contributed by atoms with Gasteiger partial charge >= 0.3 is 0 Å². The summed E-state index contributed by atoms with van der Waals surface area (Å²) in [5.41, 5.74) is 2.53. The minimum absolute atomic E-state index is 0.0247. The summed E-state index contributed by atoms with van der Waals surface area (Å²) in [6.45, 7) is 2.48. The van der Waals surface area contributed by atoms with Crippen LogP contribution in [-0.4, -0.2) is 27.3 Å². The number of nitrogens with zero attached hydrogens (tertiary/aromatic N) is 1. The molecule has 7 nitrogen and oxygen atoms in total. The second-order valence-corrected chi connectivity index (χ2v) is 7.33. The Morgan fingerprint density at radius 2 is 2.22 bits per heavy atom. The molecule has 1 aliphatic carbocycles. The molecule has 4 rings (SSSR count). The molecule has 1 saturated carbocycles. The molecule has 0 radical (unpaired) electrons. The van der Waals surface area contributed by atoms with Crippen molar-refractivity contribution in [1.82, 2.24) is 15.5 Å². The highest BCUT2D eigenvalue weighted by atomic mass is 35.5. The average Bonchev–Trinajstić information content (AvgIpc) is 3.20. The molecular formula is C19H20ClN3O4. The molecule has 2 heterocycles. The highest BCUT2D eigenvalue weighted by Gasteiger charge is 2.32. The quantitative estimate of drug-likeness (QED) is 0.601.